The van der Waals surface area contributed by atoms with E-state index in [1.165, 1.54) is 24.3 Å². The van der Waals surface area contributed by atoms with Crippen LogP contribution in [0.2, 0.25) is 0 Å². The van der Waals surface area contributed by atoms with Crippen LogP contribution in [0.25, 0.3) is 11.1 Å². The van der Waals surface area contributed by atoms with Crippen molar-refractivity contribution in [3.63, 3.8) is 0 Å². The van der Waals surface area contributed by atoms with Gasteiger partial charge in [-0.05, 0) is 56.4 Å². The van der Waals surface area contributed by atoms with Crippen LogP contribution in [-0.4, -0.2) is 19.3 Å². The molecular weight excluding hydrogens is 456 g/mol. The Morgan fingerprint density at radius 1 is 0.800 bits per heavy atom. The SMILES string of the molecule is C=CCCC1CCC(c2ccc(-c3ccc(C4CCC(CCC)OC4)c(F)c3F)c(F)c2F)OC1. The van der Waals surface area contributed by atoms with E-state index in [-0.39, 0.29) is 34.3 Å². The number of benzene rings is 2. The number of allylic oxidation sites excluding steroid dienone is 1. The minimum Gasteiger partial charge on any atom is -0.378 e. The zero-order chi connectivity index (χ0) is 24.9. The van der Waals surface area contributed by atoms with Gasteiger partial charge in [-0.2, -0.15) is 0 Å². The Morgan fingerprint density at radius 3 is 2.06 bits per heavy atom. The number of hydrogen-bond acceptors (Lipinski definition) is 2. The summed E-state index contributed by atoms with van der Waals surface area (Å²) in [5.41, 5.74) is -0.243. The number of rotatable bonds is 8. The van der Waals surface area contributed by atoms with E-state index >= 15 is 17.6 Å². The average molecular weight is 491 g/mol. The van der Waals surface area contributed by atoms with E-state index in [1.807, 2.05) is 6.08 Å². The summed E-state index contributed by atoms with van der Waals surface area (Å²) in [5.74, 6) is -4.32. The first-order valence-electron chi connectivity index (χ1n) is 12.7. The first kappa shape index (κ1) is 25.9. The van der Waals surface area contributed by atoms with Crippen molar-refractivity contribution in [2.45, 2.75) is 76.4 Å². The van der Waals surface area contributed by atoms with Gasteiger partial charge in [0.2, 0.25) is 0 Å². The molecule has 2 aromatic carbocycles. The summed E-state index contributed by atoms with van der Waals surface area (Å²) in [6, 6.07) is 5.56. The van der Waals surface area contributed by atoms with Gasteiger partial charge in [-0.15, -0.1) is 6.58 Å². The molecule has 4 unspecified atom stereocenters. The maximum atomic E-state index is 15.1. The van der Waals surface area contributed by atoms with Gasteiger partial charge in [0.25, 0.3) is 0 Å². The number of hydrogen-bond donors (Lipinski definition) is 0. The van der Waals surface area contributed by atoms with Gasteiger partial charge < -0.3 is 9.47 Å². The lowest BCUT2D eigenvalue weighted by Crippen LogP contribution is -2.25. The van der Waals surface area contributed by atoms with Gasteiger partial charge in [0.05, 0.1) is 25.4 Å². The Bertz CT molecular complexity index is 1020. The average Bonchev–Trinajstić information content (AvgIpc) is 2.87. The first-order chi connectivity index (χ1) is 16.9. The van der Waals surface area contributed by atoms with E-state index < -0.39 is 29.4 Å². The van der Waals surface area contributed by atoms with Gasteiger partial charge >= 0.3 is 0 Å². The Labute approximate surface area is 205 Å². The summed E-state index contributed by atoms with van der Waals surface area (Å²) in [6.45, 7) is 6.61. The molecule has 2 aromatic rings. The molecule has 2 aliphatic heterocycles. The molecule has 190 valence electrons. The second-order valence-corrected chi connectivity index (χ2v) is 9.81. The molecule has 0 radical (unpaired) electrons. The van der Waals surface area contributed by atoms with Gasteiger partial charge in [0.15, 0.2) is 23.3 Å². The molecule has 0 aromatic heterocycles. The lowest BCUT2D eigenvalue weighted by Gasteiger charge is -2.30. The summed E-state index contributed by atoms with van der Waals surface area (Å²) in [6.07, 6.45) is 8.21. The van der Waals surface area contributed by atoms with Crippen molar-refractivity contribution in [1.29, 1.82) is 0 Å². The summed E-state index contributed by atoms with van der Waals surface area (Å²) in [5, 5.41) is 0. The summed E-state index contributed by atoms with van der Waals surface area (Å²) < 4.78 is 71.8. The summed E-state index contributed by atoms with van der Waals surface area (Å²) in [4.78, 5) is 0. The van der Waals surface area contributed by atoms with Crippen LogP contribution in [0, 0.1) is 29.2 Å². The first-order valence-corrected chi connectivity index (χ1v) is 12.7. The van der Waals surface area contributed by atoms with Crippen molar-refractivity contribution in [2.24, 2.45) is 5.92 Å². The van der Waals surface area contributed by atoms with Crippen molar-refractivity contribution < 1.29 is 27.0 Å². The smallest absolute Gasteiger partial charge is 0.167 e. The fraction of sp³-hybridized carbons (Fsp3) is 0.517. The van der Waals surface area contributed by atoms with Crippen LogP contribution in [0.1, 0.15) is 81.4 Å². The van der Waals surface area contributed by atoms with E-state index in [9.17, 15) is 0 Å². The van der Waals surface area contributed by atoms with Crippen molar-refractivity contribution in [1.82, 2.24) is 0 Å². The minimum atomic E-state index is -1.19. The molecule has 0 N–H and O–H groups in total. The fourth-order valence-corrected chi connectivity index (χ4v) is 5.34. The highest BCUT2D eigenvalue weighted by Gasteiger charge is 2.30. The molecule has 2 heterocycles. The van der Waals surface area contributed by atoms with Gasteiger partial charge in [-0.25, -0.2) is 17.6 Å². The lowest BCUT2D eigenvalue weighted by atomic mass is 9.88. The largest absolute Gasteiger partial charge is 0.378 e. The summed E-state index contributed by atoms with van der Waals surface area (Å²) in [7, 11) is 0. The van der Waals surface area contributed by atoms with E-state index in [1.54, 1.807) is 0 Å². The van der Waals surface area contributed by atoms with Gasteiger partial charge in [-0.1, -0.05) is 43.7 Å². The fourth-order valence-electron chi connectivity index (χ4n) is 5.34. The number of ether oxygens (including phenoxy) is 2. The van der Waals surface area contributed by atoms with Crippen molar-refractivity contribution >= 4 is 0 Å². The van der Waals surface area contributed by atoms with E-state index in [0.29, 0.717) is 32.0 Å². The second-order valence-electron chi connectivity index (χ2n) is 9.81. The van der Waals surface area contributed by atoms with E-state index in [4.69, 9.17) is 9.47 Å². The highest BCUT2D eigenvalue weighted by molar-refractivity contribution is 5.66. The van der Waals surface area contributed by atoms with Gasteiger partial charge in [0, 0.05) is 22.6 Å². The lowest BCUT2D eigenvalue weighted by molar-refractivity contribution is -0.0210. The molecule has 2 aliphatic rings. The molecule has 0 bridgehead atoms. The summed E-state index contributed by atoms with van der Waals surface area (Å²) >= 11 is 0. The molecule has 4 atom stereocenters. The Morgan fingerprint density at radius 2 is 1.49 bits per heavy atom. The third-order valence-corrected chi connectivity index (χ3v) is 7.43. The predicted molar refractivity (Wildman–Crippen MR) is 129 cm³/mol. The maximum Gasteiger partial charge on any atom is 0.167 e. The third kappa shape index (κ3) is 5.64. The standard InChI is InChI=1S/C29H34F4O2/c1-3-5-7-18-8-15-25(35-16-18)24-14-13-23(28(32)29(24)33)22-12-11-21(26(30)27(22)31)19-9-10-20(6-4-2)34-17-19/h3,11-14,18-20,25H,1,4-10,15-17H2,2H3. The molecule has 2 saturated heterocycles. The van der Waals surface area contributed by atoms with Crippen LogP contribution >= 0.6 is 0 Å². The van der Waals surface area contributed by atoms with Crippen LogP contribution < -0.4 is 0 Å². The van der Waals surface area contributed by atoms with Crippen molar-refractivity contribution in [3.8, 4) is 11.1 Å². The number of halogens is 4. The third-order valence-electron chi connectivity index (χ3n) is 7.43. The Balaban J connectivity index is 1.51. The van der Waals surface area contributed by atoms with Gasteiger partial charge in [-0.3, -0.25) is 0 Å². The van der Waals surface area contributed by atoms with E-state index in [0.717, 1.165) is 38.5 Å². The van der Waals surface area contributed by atoms with Crippen LogP contribution in [0.15, 0.2) is 36.9 Å². The van der Waals surface area contributed by atoms with Crippen molar-refractivity contribution in [3.05, 3.63) is 71.3 Å². The topological polar surface area (TPSA) is 18.5 Å². The quantitative estimate of drug-likeness (QED) is 0.273. The van der Waals surface area contributed by atoms with Crippen LogP contribution in [-0.2, 0) is 9.47 Å². The zero-order valence-electron chi connectivity index (χ0n) is 20.3. The van der Waals surface area contributed by atoms with Crippen molar-refractivity contribution in [2.75, 3.05) is 13.2 Å². The highest BCUT2D eigenvalue weighted by Crippen LogP contribution is 2.39. The Kier molecular flexibility index (Phi) is 8.66. The van der Waals surface area contributed by atoms with Crippen LogP contribution in [0.3, 0.4) is 0 Å². The molecule has 4 rings (SSSR count). The van der Waals surface area contributed by atoms with Crippen LogP contribution in [0.5, 0.6) is 0 Å². The minimum absolute atomic E-state index is 0.118. The molecule has 35 heavy (non-hydrogen) atoms. The van der Waals surface area contributed by atoms with E-state index in [2.05, 4.69) is 13.5 Å². The highest BCUT2D eigenvalue weighted by atomic mass is 19.2. The Hall–Kier alpha value is -2.18. The predicted octanol–water partition coefficient (Wildman–Crippen LogP) is 8.41. The molecule has 6 heteroatoms. The van der Waals surface area contributed by atoms with Crippen LogP contribution in [0.4, 0.5) is 17.6 Å². The molecule has 0 amide bonds. The second kappa shape index (κ2) is 11.7. The maximum absolute atomic E-state index is 15.1. The molecule has 2 nitrogen and oxygen atoms in total. The molecule has 2 fully saturated rings. The van der Waals surface area contributed by atoms with Gasteiger partial charge in [0.1, 0.15) is 0 Å². The molecular formula is C29H34F4O2. The monoisotopic (exact) mass is 490 g/mol. The molecule has 0 saturated carbocycles. The molecule has 0 spiro atoms. The normalized spacial score (nSPS) is 24.9. The molecule has 0 aliphatic carbocycles. The zero-order valence-corrected chi connectivity index (χ0v) is 20.3.